The molecule has 0 saturated carbocycles. The molecule has 16 heavy (non-hydrogen) atoms. The Bertz CT molecular complexity index is 553. The van der Waals surface area contributed by atoms with E-state index in [2.05, 4.69) is 20.9 Å². The molecule has 0 aliphatic carbocycles. The topological polar surface area (TPSA) is 12.9 Å². The van der Waals surface area contributed by atoms with Crippen molar-refractivity contribution < 1.29 is 13.2 Å². The fraction of sp³-hybridized carbons (Fsp3) is 0.100. The average molecular weight is 310 g/mol. The van der Waals surface area contributed by atoms with Gasteiger partial charge < -0.3 is 0 Å². The summed E-state index contributed by atoms with van der Waals surface area (Å²) in [6, 6.07) is 5.00. The highest BCUT2D eigenvalue weighted by Gasteiger charge is 2.30. The molecule has 0 saturated heterocycles. The number of hydrogen-bond acceptors (Lipinski definition) is 1. The minimum Gasteiger partial charge on any atom is -0.235 e. The Balaban J connectivity index is 2.67. The SMILES string of the molecule is FC(F)(F)c1ccc2cc(Br)c(Cl)nc2c1. The van der Waals surface area contributed by atoms with E-state index < -0.39 is 11.7 Å². The summed E-state index contributed by atoms with van der Waals surface area (Å²) >= 11 is 8.87. The molecule has 1 heterocycles. The summed E-state index contributed by atoms with van der Waals surface area (Å²) in [5.41, 5.74) is -0.506. The van der Waals surface area contributed by atoms with Crippen molar-refractivity contribution in [2.45, 2.75) is 6.18 Å². The lowest BCUT2D eigenvalue weighted by atomic mass is 10.1. The summed E-state index contributed by atoms with van der Waals surface area (Å²) in [6.45, 7) is 0. The molecular formula is C10H4BrClF3N. The number of hydrogen-bond donors (Lipinski definition) is 0. The largest absolute Gasteiger partial charge is 0.416 e. The zero-order valence-corrected chi connectivity index (χ0v) is 9.99. The van der Waals surface area contributed by atoms with Gasteiger partial charge in [0.2, 0.25) is 0 Å². The molecule has 0 fully saturated rings. The number of nitrogens with zero attached hydrogens (tertiary/aromatic N) is 1. The molecule has 2 aromatic rings. The third-order valence-electron chi connectivity index (χ3n) is 2.06. The molecule has 0 aliphatic heterocycles. The van der Waals surface area contributed by atoms with Crippen LogP contribution in [0.2, 0.25) is 5.15 Å². The number of rotatable bonds is 0. The summed E-state index contributed by atoms with van der Waals surface area (Å²) in [5, 5.41) is 0.746. The van der Waals surface area contributed by atoms with E-state index >= 15 is 0 Å². The first-order chi connectivity index (χ1) is 7.38. The fourth-order valence-corrected chi connectivity index (χ4v) is 1.78. The molecular weight excluding hydrogens is 306 g/mol. The van der Waals surface area contributed by atoms with Crippen LogP contribution in [0.15, 0.2) is 28.7 Å². The lowest BCUT2D eigenvalue weighted by molar-refractivity contribution is -0.137. The van der Waals surface area contributed by atoms with Crippen LogP contribution in [0.1, 0.15) is 5.56 Å². The minimum atomic E-state index is -4.37. The van der Waals surface area contributed by atoms with Crippen molar-refractivity contribution in [1.82, 2.24) is 4.98 Å². The number of benzene rings is 1. The van der Waals surface area contributed by atoms with Crippen LogP contribution < -0.4 is 0 Å². The highest BCUT2D eigenvalue weighted by molar-refractivity contribution is 9.10. The lowest BCUT2D eigenvalue weighted by Gasteiger charge is -2.07. The molecule has 6 heteroatoms. The van der Waals surface area contributed by atoms with Gasteiger partial charge in [-0.1, -0.05) is 17.7 Å². The second-order valence-corrected chi connectivity index (χ2v) is 4.38. The van der Waals surface area contributed by atoms with Crippen LogP contribution in [-0.4, -0.2) is 4.98 Å². The molecule has 2 rings (SSSR count). The third kappa shape index (κ3) is 2.15. The van der Waals surface area contributed by atoms with Crippen LogP contribution in [0.3, 0.4) is 0 Å². The molecule has 0 spiro atoms. The first-order valence-corrected chi connectivity index (χ1v) is 5.38. The van der Waals surface area contributed by atoms with Crippen LogP contribution >= 0.6 is 27.5 Å². The molecule has 0 N–H and O–H groups in total. The Labute approximate surface area is 102 Å². The molecule has 84 valence electrons. The van der Waals surface area contributed by atoms with Crippen LogP contribution in [0, 0.1) is 0 Å². The Kier molecular flexibility index (Phi) is 2.84. The normalized spacial score (nSPS) is 12.1. The second kappa shape index (κ2) is 3.89. The second-order valence-electron chi connectivity index (χ2n) is 3.17. The Morgan fingerprint density at radius 1 is 1.19 bits per heavy atom. The smallest absolute Gasteiger partial charge is 0.235 e. The monoisotopic (exact) mass is 309 g/mol. The van der Waals surface area contributed by atoms with Crippen molar-refractivity contribution in [2.24, 2.45) is 0 Å². The average Bonchev–Trinajstić information content (AvgIpc) is 2.17. The van der Waals surface area contributed by atoms with Crippen LogP contribution in [0.25, 0.3) is 10.9 Å². The highest BCUT2D eigenvalue weighted by Crippen LogP contribution is 2.32. The number of alkyl halides is 3. The van der Waals surface area contributed by atoms with E-state index in [1.807, 2.05) is 0 Å². The Morgan fingerprint density at radius 2 is 1.88 bits per heavy atom. The summed E-state index contributed by atoms with van der Waals surface area (Å²) in [7, 11) is 0. The van der Waals surface area contributed by atoms with Gasteiger partial charge in [0.15, 0.2) is 0 Å². The van der Waals surface area contributed by atoms with Crippen LogP contribution in [0.5, 0.6) is 0 Å². The number of fused-ring (bicyclic) bond motifs is 1. The van der Waals surface area contributed by atoms with Crippen molar-refractivity contribution in [1.29, 1.82) is 0 Å². The zero-order chi connectivity index (χ0) is 11.9. The van der Waals surface area contributed by atoms with Gasteiger partial charge in [-0.3, -0.25) is 0 Å². The maximum atomic E-state index is 12.4. The summed E-state index contributed by atoms with van der Waals surface area (Å²) in [5.74, 6) is 0. The van der Waals surface area contributed by atoms with E-state index in [1.165, 1.54) is 6.07 Å². The van der Waals surface area contributed by atoms with Crippen LogP contribution in [0.4, 0.5) is 13.2 Å². The number of pyridine rings is 1. The molecule has 0 aliphatic rings. The van der Waals surface area contributed by atoms with E-state index in [4.69, 9.17) is 11.6 Å². The van der Waals surface area contributed by atoms with E-state index in [0.29, 0.717) is 9.86 Å². The summed E-state index contributed by atoms with van der Waals surface area (Å²) in [4.78, 5) is 3.87. The predicted octanol–water partition coefficient (Wildman–Crippen LogP) is 4.67. The molecule has 1 aromatic heterocycles. The maximum Gasteiger partial charge on any atom is 0.416 e. The van der Waals surface area contributed by atoms with Gasteiger partial charge in [-0.15, -0.1) is 0 Å². The highest BCUT2D eigenvalue weighted by atomic mass is 79.9. The van der Waals surface area contributed by atoms with Gasteiger partial charge in [-0.2, -0.15) is 13.2 Å². The van der Waals surface area contributed by atoms with Crippen LogP contribution in [-0.2, 0) is 6.18 Å². The van der Waals surface area contributed by atoms with Gasteiger partial charge >= 0.3 is 6.18 Å². The van der Waals surface area contributed by atoms with Gasteiger partial charge in [0, 0.05) is 5.39 Å². The standard InChI is InChI=1S/C10H4BrClF3N/c11-7-3-5-1-2-6(10(13,14)15)4-8(5)16-9(7)12/h1-4H. The van der Waals surface area contributed by atoms with Gasteiger partial charge in [0.1, 0.15) is 5.15 Å². The van der Waals surface area contributed by atoms with E-state index in [0.717, 1.165) is 12.1 Å². The van der Waals surface area contributed by atoms with E-state index in [-0.39, 0.29) is 10.7 Å². The molecule has 1 nitrogen and oxygen atoms in total. The Morgan fingerprint density at radius 3 is 2.50 bits per heavy atom. The van der Waals surface area contributed by atoms with Gasteiger partial charge in [-0.05, 0) is 34.1 Å². The zero-order valence-electron chi connectivity index (χ0n) is 7.65. The van der Waals surface area contributed by atoms with Crippen molar-refractivity contribution in [2.75, 3.05) is 0 Å². The first kappa shape index (κ1) is 11.7. The first-order valence-electron chi connectivity index (χ1n) is 4.21. The van der Waals surface area contributed by atoms with Crippen molar-refractivity contribution in [3.63, 3.8) is 0 Å². The van der Waals surface area contributed by atoms with E-state index in [1.54, 1.807) is 6.07 Å². The maximum absolute atomic E-state index is 12.4. The molecule has 0 radical (unpaired) electrons. The predicted molar refractivity (Wildman–Crippen MR) is 59.5 cm³/mol. The molecule has 0 amide bonds. The van der Waals surface area contributed by atoms with Gasteiger partial charge in [0.05, 0.1) is 15.6 Å². The molecule has 0 bridgehead atoms. The minimum absolute atomic E-state index is 0.145. The fourth-order valence-electron chi connectivity index (χ4n) is 1.29. The molecule has 0 unspecified atom stereocenters. The summed E-state index contributed by atoms with van der Waals surface area (Å²) < 4.78 is 37.8. The lowest BCUT2D eigenvalue weighted by Crippen LogP contribution is -2.04. The molecule has 1 aromatic carbocycles. The van der Waals surface area contributed by atoms with Crippen molar-refractivity contribution in [3.05, 3.63) is 39.5 Å². The quantitative estimate of drug-likeness (QED) is 0.644. The van der Waals surface area contributed by atoms with E-state index in [9.17, 15) is 13.2 Å². The molecule has 0 atom stereocenters. The Hall–Kier alpha value is -0.810. The third-order valence-corrected chi connectivity index (χ3v) is 3.18. The van der Waals surface area contributed by atoms with Crippen molar-refractivity contribution in [3.8, 4) is 0 Å². The number of aromatic nitrogens is 1. The van der Waals surface area contributed by atoms with Gasteiger partial charge in [-0.25, -0.2) is 4.98 Å². The van der Waals surface area contributed by atoms with Gasteiger partial charge in [0.25, 0.3) is 0 Å². The summed E-state index contributed by atoms with van der Waals surface area (Å²) in [6.07, 6.45) is -4.37. The number of halogens is 5. The van der Waals surface area contributed by atoms with Crippen molar-refractivity contribution >= 4 is 38.4 Å².